The Labute approximate surface area is 227 Å². The number of nitrogens with two attached hydrogens (primary N) is 1. The molecule has 0 radical (unpaired) electrons. The van der Waals surface area contributed by atoms with Crippen LogP contribution in [0.25, 0.3) is 10.8 Å². The monoisotopic (exact) mass is 558 g/mol. The molecule has 1 saturated heterocycles. The van der Waals surface area contributed by atoms with Gasteiger partial charge in [-0.3, -0.25) is 14.4 Å². The van der Waals surface area contributed by atoms with Gasteiger partial charge in [-0.05, 0) is 41.7 Å². The van der Waals surface area contributed by atoms with E-state index >= 15 is 0 Å². The highest BCUT2D eigenvalue weighted by Gasteiger charge is 2.32. The Balaban J connectivity index is 1.78. The summed E-state index contributed by atoms with van der Waals surface area (Å²) in [6.07, 6.45) is 4.12. The summed E-state index contributed by atoms with van der Waals surface area (Å²) in [7, 11) is -4.25. The quantitative estimate of drug-likeness (QED) is 0.0914. The number of carbonyl (C=O) groups excluding carboxylic acids is 2. The third-order valence-electron chi connectivity index (χ3n) is 6.37. The summed E-state index contributed by atoms with van der Waals surface area (Å²) in [5.74, 6) is 2.67. The Morgan fingerprint density at radius 3 is 2.67 bits per heavy atom. The van der Waals surface area contributed by atoms with Gasteiger partial charge < -0.3 is 26.1 Å². The second kappa shape index (κ2) is 13.7. The number of carboxylic acids is 1. The first-order valence-electron chi connectivity index (χ1n) is 12.5. The molecule has 5 N–H and O–H groups in total. The molecular formula is C26H34N6O6S. The van der Waals surface area contributed by atoms with Crippen molar-refractivity contribution >= 4 is 44.9 Å². The van der Waals surface area contributed by atoms with E-state index in [0.29, 0.717) is 18.5 Å². The number of aliphatic carboxylic acids is 1. The van der Waals surface area contributed by atoms with Gasteiger partial charge in [0, 0.05) is 26.2 Å². The molecule has 0 unspecified atom stereocenters. The number of nitrogens with zero attached hydrogens (tertiary/aromatic N) is 3. The number of carboxylic acid groups (broad SMARTS) is 1. The van der Waals surface area contributed by atoms with Gasteiger partial charge in [-0.1, -0.05) is 36.4 Å². The first kappa shape index (κ1) is 29.6. The van der Waals surface area contributed by atoms with Crippen LogP contribution in [-0.2, 0) is 24.4 Å². The van der Waals surface area contributed by atoms with Crippen LogP contribution in [0.15, 0.2) is 65.1 Å². The van der Waals surface area contributed by atoms with E-state index in [1.54, 1.807) is 24.5 Å². The lowest BCUT2D eigenvalue weighted by Gasteiger charge is -2.31. The van der Waals surface area contributed by atoms with Crippen LogP contribution in [0.5, 0.6) is 0 Å². The van der Waals surface area contributed by atoms with Crippen LogP contribution in [0, 0.1) is 5.92 Å². The molecular weight excluding hydrogens is 524 g/mol. The van der Waals surface area contributed by atoms with Crippen molar-refractivity contribution in [3.63, 3.8) is 0 Å². The molecule has 0 aromatic heterocycles. The molecule has 210 valence electrons. The van der Waals surface area contributed by atoms with Crippen molar-refractivity contribution in [2.24, 2.45) is 16.9 Å². The highest BCUT2D eigenvalue weighted by Crippen LogP contribution is 2.20. The zero-order valence-corrected chi connectivity index (χ0v) is 22.3. The number of piperidine rings is 1. The molecule has 2 amide bonds. The van der Waals surface area contributed by atoms with Gasteiger partial charge in [0.05, 0.1) is 11.3 Å². The van der Waals surface area contributed by atoms with E-state index in [1.807, 2.05) is 17.0 Å². The minimum absolute atomic E-state index is 0.0863. The van der Waals surface area contributed by atoms with Crippen molar-refractivity contribution in [2.45, 2.75) is 30.2 Å². The maximum Gasteiger partial charge on any atom is 0.323 e. The Bertz CT molecular complexity index is 1330. The lowest BCUT2D eigenvalue weighted by Crippen LogP contribution is -2.52. The van der Waals surface area contributed by atoms with Gasteiger partial charge in [-0.2, -0.15) is 9.82 Å². The number of rotatable bonds is 13. The van der Waals surface area contributed by atoms with E-state index in [4.69, 9.17) is 5.84 Å². The maximum absolute atomic E-state index is 13.3. The minimum Gasteiger partial charge on any atom is -0.480 e. The van der Waals surface area contributed by atoms with Crippen molar-refractivity contribution in [1.82, 2.24) is 19.8 Å². The van der Waals surface area contributed by atoms with Crippen molar-refractivity contribution in [3.05, 3.63) is 55.1 Å². The molecule has 2 aromatic carbocycles. The number of amides is 2. The first-order valence-corrected chi connectivity index (χ1v) is 14.0. The van der Waals surface area contributed by atoms with Crippen LogP contribution in [-0.4, -0.2) is 86.2 Å². The van der Waals surface area contributed by atoms with E-state index in [-0.39, 0.29) is 17.4 Å². The second-order valence-corrected chi connectivity index (χ2v) is 11.1. The van der Waals surface area contributed by atoms with Gasteiger partial charge in [0.1, 0.15) is 18.9 Å². The van der Waals surface area contributed by atoms with E-state index in [9.17, 15) is 27.9 Å². The highest BCUT2D eigenvalue weighted by atomic mass is 32.2. The number of likely N-dealkylation sites (tertiary alicyclic amines) is 1. The third kappa shape index (κ3) is 8.52. The van der Waals surface area contributed by atoms with E-state index in [1.165, 1.54) is 18.2 Å². The molecule has 13 heteroatoms. The van der Waals surface area contributed by atoms with Gasteiger partial charge in [0.15, 0.2) is 0 Å². The number of hydrogen-bond donors (Lipinski definition) is 4. The molecule has 39 heavy (non-hydrogen) atoms. The molecule has 0 aliphatic carbocycles. The number of sulfonamides is 1. The first-order chi connectivity index (χ1) is 18.6. The van der Waals surface area contributed by atoms with Crippen LogP contribution in [0.2, 0.25) is 0 Å². The lowest BCUT2D eigenvalue weighted by molar-refractivity contribution is -0.145. The number of nitrogens with one attached hydrogen (secondary N) is 2. The maximum atomic E-state index is 13.3. The van der Waals surface area contributed by atoms with Gasteiger partial charge in [0.2, 0.25) is 21.8 Å². The third-order valence-corrected chi connectivity index (χ3v) is 7.84. The summed E-state index contributed by atoms with van der Waals surface area (Å²) < 4.78 is 28.9. The predicted octanol–water partition coefficient (Wildman–Crippen LogP) is 0.706. The van der Waals surface area contributed by atoms with Gasteiger partial charge in [-0.25, -0.2) is 8.42 Å². The molecule has 0 spiro atoms. The van der Waals surface area contributed by atoms with Crippen LogP contribution >= 0.6 is 0 Å². The summed E-state index contributed by atoms with van der Waals surface area (Å²) in [4.78, 5) is 40.4. The molecule has 1 heterocycles. The molecule has 3 rings (SSSR count). The van der Waals surface area contributed by atoms with Crippen LogP contribution in [0.4, 0.5) is 0 Å². The summed E-state index contributed by atoms with van der Waals surface area (Å²) in [5.41, 5.74) is 0. The highest BCUT2D eigenvalue weighted by molar-refractivity contribution is 7.89. The number of hydrogen-bond acceptors (Lipinski definition) is 7. The van der Waals surface area contributed by atoms with Gasteiger partial charge in [0.25, 0.3) is 0 Å². The molecule has 0 bridgehead atoms. The Morgan fingerprint density at radius 1 is 1.23 bits per heavy atom. The zero-order chi connectivity index (χ0) is 28.4. The average Bonchev–Trinajstić information content (AvgIpc) is 2.90. The molecule has 2 aromatic rings. The Hall–Kier alpha value is -3.97. The summed E-state index contributed by atoms with van der Waals surface area (Å²) in [5, 5.41) is 17.1. The Kier molecular flexibility index (Phi) is 10.4. The largest absolute Gasteiger partial charge is 0.480 e. The number of benzene rings is 2. The zero-order valence-electron chi connectivity index (χ0n) is 21.5. The van der Waals surface area contributed by atoms with Crippen LogP contribution in [0.1, 0.15) is 19.3 Å². The summed E-state index contributed by atoms with van der Waals surface area (Å²) in [6, 6.07) is 10.2. The van der Waals surface area contributed by atoms with Crippen molar-refractivity contribution in [1.29, 1.82) is 0 Å². The topological polar surface area (TPSA) is 174 Å². The summed E-state index contributed by atoms with van der Waals surface area (Å²) in [6.45, 7) is 4.49. The fraction of sp³-hybridized carbons (Fsp3) is 0.385. The predicted molar refractivity (Wildman–Crippen MR) is 147 cm³/mol. The molecule has 1 aliphatic rings. The van der Waals surface area contributed by atoms with Gasteiger partial charge in [-0.15, -0.1) is 6.58 Å². The van der Waals surface area contributed by atoms with Crippen molar-refractivity contribution in [2.75, 3.05) is 32.7 Å². The standard InChI is InChI=1S/C26H34N6O6S/c1-2-11-32(17-25(34)35)26(36)23(14-24(33)28-15-19-6-5-12-31(16-19)18-29-27)30-39(37,38)22-10-9-20-7-3-4-8-21(20)13-22/h2-4,7-10,13,18-19,23,30H,1,5-6,11-12,14-17,27H2,(H,28,33)(H,34,35)/t19-,23-/m0/s1. The minimum atomic E-state index is -4.25. The molecule has 1 fully saturated rings. The van der Waals surface area contributed by atoms with E-state index in [0.717, 1.165) is 29.7 Å². The van der Waals surface area contributed by atoms with E-state index < -0.39 is 46.8 Å². The van der Waals surface area contributed by atoms with Gasteiger partial charge >= 0.3 is 5.97 Å². The fourth-order valence-electron chi connectivity index (χ4n) is 4.52. The van der Waals surface area contributed by atoms with Crippen LogP contribution in [0.3, 0.4) is 0 Å². The smallest absolute Gasteiger partial charge is 0.323 e. The number of fused-ring (bicyclic) bond motifs is 1. The fourth-order valence-corrected chi connectivity index (χ4v) is 5.74. The van der Waals surface area contributed by atoms with Crippen molar-refractivity contribution in [3.8, 4) is 0 Å². The average molecular weight is 559 g/mol. The van der Waals surface area contributed by atoms with Crippen LogP contribution < -0.4 is 15.9 Å². The lowest BCUT2D eigenvalue weighted by atomic mass is 9.98. The SMILES string of the molecule is C=CCN(CC(=O)O)C(=O)[C@H](CC(=O)NC[C@@H]1CCCN(C=NN)C1)NS(=O)(=O)c1ccc2ccccc2c1. The van der Waals surface area contributed by atoms with E-state index in [2.05, 4.69) is 21.7 Å². The normalized spacial score (nSPS) is 16.6. The number of hydrazone groups is 1. The molecule has 12 nitrogen and oxygen atoms in total. The number of carbonyl (C=O) groups is 3. The molecule has 2 atom stereocenters. The second-order valence-electron chi connectivity index (χ2n) is 9.36. The van der Waals surface area contributed by atoms with Crippen molar-refractivity contribution < 1.29 is 27.9 Å². The molecule has 0 saturated carbocycles. The molecule has 1 aliphatic heterocycles. The Morgan fingerprint density at radius 2 is 1.97 bits per heavy atom. The summed E-state index contributed by atoms with van der Waals surface area (Å²) >= 11 is 0.